The quantitative estimate of drug-likeness (QED) is 0.763. The van der Waals surface area contributed by atoms with E-state index in [1.165, 1.54) is 17.8 Å². The van der Waals surface area contributed by atoms with E-state index in [0.29, 0.717) is 11.5 Å². The van der Waals surface area contributed by atoms with Gasteiger partial charge in [0.05, 0.1) is 16.1 Å². The number of rotatable bonds is 2. The van der Waals surface area contributed by atoms with E-state index in [1.807, 2.05) is 6.07 Å². The molecule has 2 aromatic heterocycles. The molecule has 3 nitrogen and oxygen atoms in total. The van der Waals surface area contributed by atoms with Crippen LogP contribution in [0.5, 0.6) is 0 Å². The van der Waals surface area contributed by atoms with Gasteiger partial charge in [0.1, 0.15) is 5.82 Å². The molecule has 3 rings (SSSR count). The molecule has 0 spiro atoms. The summed E-state index contributed by atoms with van der Waals surface area (Å²) in [6.45, 7) is 0. The first-order valence-corrected chi connectivity index (χ1v) is 6.59. The van der Waals surface area contributed by atoms with Gasteiger partial charge in [0.25, 0.3) is 0 Å². The minimum Gasteiger partial charge on any atom is -0.438 e. The molecular weight excluding hydrogens is 287 g/mol. The Labute approximate surface area is 117 Å². The molecule has 0 aliphatic rings. The number of furan rings is 1. The summed E-state index contributed by atoms with van der Waals surface area (Å²) in [6, 6.07) is 6.35. The zero-order valence-electron chi connectivity index (χ0n) is 9.56. The van der Waals surface area contributed by atoms with Crippen molar-refractivity contribution < 1.29 is 8.81 Å². The maximum atomic E-state index is 13.1. The molecule has 0 atom stereocenters. The second kappa shape index (κ2) is 4.75. The molecule has 0 bridgehead atoms. The van der Waals surface area contributed by atoms with E-state index in [-0.39, 0.29) is 5.02 Å². The van der Waals surface area contributed by atoms with E-state index in [1.54, 1.807) is 24.5 Å². The predicted octanol–water partition coefficient (Wildman–Crippen LogP) is 4.35. The Balaban J connectivity index is 2.05. The normalized spacial score (nSPS) is 11.1. The first kappa shape index (κ1) is 12.3. The van der Waals surface area contributed by atoms with Crippen LogP contribution in [0.1, 0.15) is 0 Å². The van der Waals surface area contributed by atoms with Gasteiger partial charge in [-0.1, -0.05) is 23.4 Å². The Kier molecular flexibility index (Phi) is 3.08. The minimum absolute atomic E-state index is 0.0815. The van der Waals surface area contributed by atoms with Gasteiger partial charge in [-0.3, -0.25) is 4.98 Å². The molecule has 0 amide bonds. The van der Waals surface area contributed by atoms with Gasteiger partial charge in [0.2, 0.25) is 5.88 Å². The average molecular weight is 295 g/mol. The molecule has 2 heterocycles. The highest BCUT2D eigenvalue weighted by Gasteiger charge is 2.13. The van der Waals surface area contributed by atoms with Crippen molar-refractivity contribution in [3.05, 3.63) is 47.5 Å². The van der Waals surface area contributed by atoms with Crippen LogP contribution in [-0.4, -0.2) is 4.98 Å². The Bertz CT molecular complexity index is 759. The number of nitrogens with two attached hydrogens (primary N) is 1. The van der Waals surface area contributed by atoms with Crippen molar-refractivity contribution in [2.75, 3.05) is 5.73 Å². The molecule has 0 aliphatic heterocycles. The van der Waals surface area contributed by atoms with Crippen molar-refractivity contribution in [3.8, 4) is 0 Å². The topological polar surface area (TPSA) is 52.0 Å². The lowest BCUT2D eigenvalue weighted by atomic mass is 10.3. The summed E-state index contributed by atoms with van der Waals surface area (Å²) < 4.78 is 18.5. The van der Waals surface area contributed by atoms with Gasteiger partial charge < -0.3 is 10.2 Å². The number of nitrogens with zero attached hydrogens (tertiary/aromatic N) is 1. The standard InChI is InChI=1S/C13H8ClFN2OS/c14-9-5-7(1-2-10(9)15)19-12-8-3-4-17-6-11(8)18-13(12)16/h1-6H,16H2. The Morgan fingerprint density at radius 1 is 1.32 bits per heavy atom. The first-order chi connectivity index (χ1) is 9.15. The molecule has 96 valence electrons. The molecule has 0 unspecified atom stereocenters. The van der Waals surface area contributed by atoms with Gasteiger partial charge in [-0.25, -0.2) is 4.39 Å². The van der Waals surface area contributed by atoms with E-state index in [2.05, 4.69) is 4.98 Å². The third-order valence-corrected chi connectivity index (χ3v) is 3.99. The number of anilines is 1. The molecule has 0 saturated heterocycles. The number of hydrogen-bond acceptors (Lipinski definition) is 4. The molecule has 0 fully saturated rings. The second-order valence-electron chi connectivity index (χ2n) is 3.85. The van der Waals surface area contributed by atoms with E-state index >= 15 is 0 Å². The van der Waals surface area contributed by atoms with Crippen molar-refractivity contribution in [1.82, 2.24) is 4.98 Å². The molecule has 2 N–H and O–H groups in total. The molecule has 19 heavy (non-hydrogen) atoms. The highest BCUT2D eigenvalue weighted by Crippen LogP contribution is 2.40. The molecular formula is C13H8ClFN2OS. The van der Waals surface area contributed by atoms with Gasteiger partial charge in [0.15, 0.2) is 5.58 Å². The van der Waals surface area contributed by atoms with Crippen LogP contribution in [0.4, 0.5) is 10.3 Å². The average Bonchev–Trinajstić information content (AvgIpc) is 2.71. The van der Waals surface area contributed by atoms with Crippen LogP contribution in [-0.2, 0) is 0 Å². The number of fused-ring (bicyclic) bond motifs is 1. The van der Waals surface area contributed by atoms with Crippen molar-refractivity contribution in [3.63, 3.8) is 0 Å². The Morgan fingerprint density at radius 3 is 2.95 bits per heavy atom. The third-order valence-electron chi connectivity index (χ3n) is 2.58. The van der Waals surface area contributed by atoms with Crippen LogP contribution in [0, 0.1) is 5.82 Å². The molecule has 0 radical (unpaired) electrons. The number of nitrogen functional groups attached to an aromatic ring is 1. The van der Waals surface area contributed by atoms with Crippen LogP contribution < -0.4 is 5.73 Å². The van der Waals surface area contributed by atoms with Gasteiger partial charge in [0, 0.05) is 16.5 Å². The fourth-order valence-electron chi connectivity index (χ4n) is 1.71. The van der Waals surface area contributed by atoms with Crippen molar-refractivity contribution in [1.29, 1.82) is 0 Å². The van der Waals surface area contributed by atoms with Crippen LogP contribution in [0.2, 0.25) is 5.02 Å². The van der Waals surface area contributed by atoms with E-state index < -0.39 is 5.82 Å². The summed E-state index contributed by atoms with van der Waals surface area (Å²) in [5, 5.41) is 0.955. The van der Waals surface area contributed by atoms with E-state index in [0.717, 1.165) is 15.2 Å². The maximum Gasteiger partial charge on any atom is 0.205 e. The summed E-state index contributed by atoms with van der Waals surface area (Å²) in [4.78, 5) is 5.54. The Hall–Kier alpha value is -1.72. The Morgan fingerprint density at radius 2 is 2.16 bits per heavy atom. The lowest BCUT2D eigenvalue weighted by molar-refractivity contribution is 0.627. The largest absolute Gasteiger partial charge is 0.438 e. The maximum absolute atomic E-state index is 13.1. The SMILES string of the molecule is Nc1oc2cnccc2c1Sc1ccc(F)c(Cl)c1. The van der Waals surface area contributed by atoms with Crippen LogP contribution >= 0.6 is 23.4 Å². The number of hydrogen-bond donors (Lipinski definition) is 1. The summed E-state index contributed by atoms with van der Waals surface area (Å²) in [6.07, 6.45) is 3.27. The lowest BCUT2D eigenvalue weighted by Gasteiger charge is -2.02. The molecule has 0 saturated carbocycles. The van der Waals surface area contributed by atoms with E-state index in [4.69, 9.17) is 21.8 Å². The van der Waals surface area contributed by atoms with Crippen molar-refractivity contribution >= 4 is 40.2 Å². The summed E-state index contributed by atoms with van der Waals surface area (Å²) in [5.41, 5.74) is 6.47. The lowest BCUT2D eigenvalue weighted by Crippen LogP contribution is -1.83. The van der Waals surface area contributed by atoms with Crippen LogP contribution in [0.15, 0.2) is 50.9 Å². The molecule has 3 aromatic rings. The van der Waals surface area contributed by atoms with Gasteiger partial charge in [-0.15, -0.1) is 0 Å². The molecule has 6 heteroatoms. The highest BCUT2D eigenvalue weighted by molar-refractivity contribution is 7.99. The number of aromatic nitrogens is 1. The fraction of sp³-hybridized carbons (Fsp3) is 0. The summed E-state index contributed by atoms with van der Waals surface area (Å²) in [5.74, 6) is -0.131. The number of halogens is 2. The van der Waals surface area contributed by atoms with Gasteiger partial charge in [-0.05, 0) is 24.3 Å². The van der Waals surface area contributed by atoms with Gasteiger partial charge in [-0.2, -0.15) is 0 Å². The highest BCUT2D eigenvalue weighted by atomic mass is 35.5. The monoisotopic (exact) mass is 294 g/mol. The fourth-order valence-corrected chi connectivity index (χ4v) is 2.92. The van der Waals surface area contributed by atoms with Gasteiger partial charge >= 0.3 is 0 Å². The number of pyridine rings is 1. The third kappa shape index (κ3) is 2.27. The zero-order valence-corrected chi connectivity index (χ0v) is 11.1. The second-order valence-corrected chi connectivity index (χ2v) is 5.34. The minimum atomic E-state index is -0.444. The number of benzene rings is 1. The van der Waals surface area contributed by atoms with Crippen LogP contribution in [0.3, 0.4) is 0 Å². The summed E-state index contributed by atoms with van der Waals surface area (Å²) in [7, 11) is 0. The van der Waals surface area contributed by atoms with Crippen LogP contribution in [0.25, 0.3) is 11.0 Å². The molecule has 0 aliphatic carbocycles. The van der Waals surface area contributed by atoms with E-state index in [9.17, 15) is 4.39 Å². The predicted molar refractivity (Wildman–Crippen MR) is 74.0 cm³/mol. The van der Waals surface area contributed by atoms with Crippen molar-refractivity contribution in [2.24, 2.45) is 0 Å². The first-order valence-electron chi connectivity index (χ1n) is 5.40. The molecule has 1 aromatic carbocycles. The smallest absolute Gasteiger partial charge is 0.205 e. The van der Waals surface area contributed by atoms with Crippen molar-refractivity contribution in [2.45, 2.75) is 9.79 Å². The summed E-state index contributed by atoms with van der Waals surface area (Å²) >= 11 is 7.13. The zero-order chi connectivity index (χ0) is 13.4.